The van der Waals surface area contributed by atoms with Crippen LogP contribution in [-0.4, -0.2) is 65.0 Å². The number of para-hydroxylation sites is 1. The van der Waals surface area contributed by atoms with Crippen molar-refractivity contribution in [2.24, 2.45) is 0 Å². The first-order valence-electron chi connectivity index (χ1n) is 9.36. The SMILES string of the molecule is CCn1nccc1C(=O)N(CCN1CCOCC1)c1nc2c(Cl)cccc2s1. The van der Waals surface area contributed by atoms with E-state index in [2.05, 4.69) is 15.0 Å². The monoisotopic (exact) mass is 419 g/mol. The number of benzene rings is 1. The predicted molar refractivity (Wildman–Crippen MR) is 111 cm³/mol. The van der Waals surface area contributed by atoms with Gasteiger partial charge in [0.2, 0.25) is 0 Å². The third-order valence-corrected chi connectivity index (χ3v) is 6.16. The van der Waals surface area contributed by atoms with Crippen LogP contribution in [0.3, 0.4) is 0 Å². The molecule has 1 aromatic carbocycles. The number of hydrogen-bond donors (Lipinski definition) is 0. The Labute approximate surface area is 172 Å². The lowest BCUT2D eigenvalue weighted by Crippen LogP contribution is -2.43. The van der Waals surface area contributed by atoms with Crippen molar-refractivity contribution in [2.75, 3.05) is 44.3 Å². The van der Waals surface area contributed by atoms with Crippen molar-refractivity contribution in [3.63, 3.8) is 0 Å². The number of morpholine rings is 1. The molecule has 1 saturated heterocycles. The maximum Gasteiger partial charge on any atom is 0.278 e. The van der Waals surface area contributed by atoms with Gasteiger partial charge in [0, 0.05) is 38.9 Å². The maximum atomic E-state index is 13.4. The summed E-state index contributed by atoms with van der Waals surface area (Å²) in [6.45, 7) is 7.13. The molecule has 1 aliphatic heterocycles. The fourth-order valence-electron chi connectivity index (χ4n) is 3.27. The fourth-order valence-corrected chi connectivity index (χ4v) is 4.56. The van der Waals surface area contributed by atoms with E-state index >= 15 is 0 Å². The number of carbonyl (C=O) groups excluding carboxylic acids is 1. The van der Waals surface area contributed by atoms with Gasteiger partial charge in [-0.2, -0.15) is 5.10 Å². The fraction of sp³-hybridized carbons (Fsp3) is 0.421. The van der Waals surface area contributed by atoms with E-state index < -0.39 is 0 Å². The molecule has 9 heteroatoms. The summed E-state index contributed by atoms with van der Waals surface area (Å²) in [5, 5.41) is 5.50. The van der Waals surface area contributed by atoms with Gasteiger partial charge in [0.15, 0.2) is 5.13 Å². The van der Waals surface area contributed by atoms with E-state index in [1.165, 1.54) is 11.3 Å². The summed E-state index contributed by atoms with van der Waals surface area (Å²) >= 11 is 7.79. The highest BCUT2D eigenvalue weighted by molar-refractivity contribution is 7.22. The normalized spacial score (nSPS) is 15.2. The number of halogens is 1. The Hall–Kier alpha value is -2.00. The van der Waals surface area contributed by atoms with Crippen LogP contribution < -0.4 is 4.90 Å². The van der Waals surface area contributed by atoms with E-state index in [0.29, 0.717) is 28.9 Å². The topological polar surface area (TPSA) is 63.5 Å². The number of aryl methyl sites for hydroxylation is 1. The van der Waals surface area contributed by atoms with Gasteiger partial charge in [0.05, 0.1) is 22.9 Å². The molecule has 0 saturated carbocycles. The molecule has 0 spiro atoms. The molecule has 0 N–H and O–H groups in total. The van der Waals surface area contributed by atoms with Crippen LogP contribution in [0.25, 0.3) is 10.2 Å². The molecule has 4 rings (SSSR count). The van der Waals surface area contributed by atoms with Gasteiger partial charge < -0.3 is 4.74 Å². The second kappa shape index (κ2) is 8.57. The molecule has 2 aromatic heterocycles. The van der Waals surface area contributed by atoms with Crippen molar-refractivity contribution in [2.45, 2.75) is 13.5 Å². The summed E-state index contributed by atoms with van der Waals surface area (Å²) in [5.41, 5.74) is 1.30. The number of thiazole rings is 1. The lowest BCUT2D eigenvalue weighted by atomic mass is 10.3. The Bertz CT molecular complexity index is 966. The molecule has 3 heterocycles. The molecule has 0 radical (unpaired) electrons. The average molecular weight is 420 g/mol. The van der Waals surface area contributed by atoms with Gasteiger partial charge in [-0.15, -0.1) is 0 Å². The third-order valence-electron chi connectivity index (χ3n) is 4.81. The van der Waals surface area contributed by atoms with Crippen LogP contribution in [0, 0.1) is 0 Å². The first-order chi connectivity index (χ1) is 13.7. The smallest absolute Gasteiger partial charge is 0.278 e. The summed E-state index contributed by atoms with van der Waals surface area (Å²) in [7, 11) is 0. The van der Waals surface area contributed by atoms with Gasteiger partial charge in [0.25, 0.3) is 5.91 Å². The molecule has 0 unspecified atom stereocenters. The van der Waals surface area contributed by atoms with Crippen LogP contribution in [0.1, 0.15) is 17.4 Å². The zero-order chi connectivity index (χ0) is 19.5. The molecular weight excluding hydrogens is 398 g/mol. The molecule has 1 fully saturated rings. The van der Waals surface area contributed by atoms with Crippen LogP contribution in [0.15, 0.2) is 30.5 Å². The van der Waals surface area contributed by atoms with Crippen LogP contribution in [0.4, 0.5) is 5.13 Å². The van der Waals surface area contributed by atoms with Crippen LogP contribution in [-0.2, 0) is 11.3 Å². The zero-order valence-electron chi connectivity index (χ0n) is 15.7. The van der Waals surface area contributed by atoms with E-state index in [9.17, 15) is 4.79 Å². The highest BCUT2D eigenvalue weighted by atomic mass is 35.5. The van der Waals surface area contributed by atoms with E-state index in [4.69, 9.17) is 16.3 Å². The molecule has 1 aliphatic rings. The van der Waals surface area contributed by atoms with E-state index in [1.807, 2.05) is 25.1 Å². The minimum atomic E-state index is -0.0946. The number of fused-ring (bicyclic) bond motifs is 1. The predicted octanol–water partition coefficient (Wildman–Crippen LogP) is 3.15. The number of amides is 1. The van der Waals surface area contributed by atoms with Crippen molar-refractivity contribution in [3.05, 3.63) is 41.2 Å². The van der Waals surface area contributed by atoms with E-state index in [0.717, 1.165) is 43.1 Å². The minimum Gasteiger partial charge on any atom is -0.379 e. The highest BCUT2D eigenvalue weighted by Crippen LogP contribution is 2.33. The maximum absolute atomic E-state index is 13.4. The number of nitrogens with zero attached hydrogens (tertiary/aromatic N) is 5. The molecule has 3 aromatic rings. The Balaban J connectivity index is 1.65. The van der Waals surface area contributed by atoms with Gasteiger partial charge in [-0.1, -0.05) is 29.0 Å². The van der Waals surface area contributed by atoms with Gasteiger partial charge in [-0.3, -0.25) is 19.3 Å². The van der Waals surface area contributed by atoms with Crippen molar-refractivity contribution < 1.29 is 9.53 Å². The van der Waals surface area contributed by atoms with Gasteiger partial charge in [-0.25, -0.2) is 4.98 Å². The standard InChI is InChI=1S/C19H22ClN5O2S/c1-2-25-15(6-7-21-25)18(26)24(9-8-23-10-12-27-13-11-23)19-22-17-14(20)4-3-5-16(17)28-19/h3-7H,2,8-13H2,1H3. The molecule has 0 atom stereocenters. The van der Waals surface area contributed by atoms with Crippen molar-refractivity contribution in [1.82, 2.24) is 19.7 Å². The first kappa shape index (κ1) is 19.3. The number of aromatic nitrogens is 3. The number of rotatable bonds is 6. The first-order valence-corrected chi connectivity index (χ1v) is 10.6. The summed E-state index contributed by atoms with van der Waals surface area (Å²) in [5.74, 6) is -0.0946. The Kier molecular flexibility index (Phi) is 5.91. The van der Waals surface area contributed by atoms with Crippen molar-refractivity contribution in [3.8, 4) is 0 Å². The van der Waals surface area contributed by atoms with Crippen molar-refractivity contribution >= 4 is 44.2 Å². The molecular formula is C19H22ClN5O2S. The number of anilines is 1. The highest BCUT2D eigenvalue weighted by Gasteiger charge is 2.25. The minimum absolute atomic E-state index is 0.0946. The molecule has 0 bridgehead atoms. The molecule has 7 nitrogen and oxygen atoms in total. The van der Waals surface area contributed by atoms with E-state index in [-0.39, 0.29) is 5.91 Å². The van der Waals surface area contributed by atoms with Crippen LogP contribution >= 0.6 is 22.9 Å². The lowest BCUT2D eigenvalue weighted by Gasteiger charge is -2.29. The number of ether oxygens (including phenoxy) is 1. The molecule has 1 amide bonds. The Morgan fingerprint density at radius 1 is 1.32 bits per heavy atom. The Morgan fingerprint density at radius 3 is 2.89 bits per heavy atom. The van der Waals surface area contributed by atoms with Crippen LogP contribution in [0.5, 0.6) is 0 Å². The number of carbonyl (C=O) groups is 1. The zero-order valence-corrected chi connectivity index (χ0v) is 17.2. The molecule has 148 valence electrons. The second-order valence-electron chi connectivity index (χ2n) is 6.53. The van der Waals surface area contributed by atoms with Crippen molar-refractivity contribution in [1.29, 1.82) is 0 Å². The van der Waals surface area contributed by atoms with Gasteiger partial charge in [0.1, 0.15) is 11.2 Å². The molecule has 28 heavy (non-hydrogen) atoms. The third kappa shape index (κ3) is 3.91. The van der Waals surface area contributed by atoms with Gasteiger partial charge in [-0.05, 0) is 25.1 Å². The summed E-state index contributed by atoms with van der Waals surface area (Å²) in [6.07, 6.45) is 1.66. The largest absolute Gasteiger partial charge is 0.379 e. The quantitative estimate of drug-likeness (QED) is 0.614. The number of hydrogen-bond acceptors (Lipinski definition) is 6. The second-order valence-corrected chi connectivity index (χ2v) is 7.94. The van der Waals surface area contributed by atoms with Gasteiger partial charge >= 0.3 is 0 Å². The summed E-state index contributed by atoms with van der Waals surface area (Å²) in [4.78, 5) is 22.1. The summed E-state index contributed by atoms with van der Waals surface area (Å²) < 4.78 is 8.10. The Morgan fingerprint density at radius 2 is 2.14 bits per heavy atom. The van der Waals surface area contributed by atoms with Crippen LogP contribution in [0.2, 0.25) is 5.02 Å². The molecule has 0 aliphatic carbocycles. The summed E-state index contributed by atoms with van der Waals surface area (Å²) in [6, 6.07) is 7.45. The average Bonchev–Trinajstić information content (AvgIpc) is 3.36. The van der Waals surface area contributed by atoms with E-state index in [1.54, 1.807) is 21.8 Å². The lowest BCUT2D eigenvalue weighted by molar-refractivity contribution is 0.0391.